The molecule has 0 aliphatic rings. The van der Waals surface area contributed by atoms with Crippen molar-refractivity contribution >= 4 is 15.8 Å². The van der Waals surface area contributed by atoms with Gasteiger partial charge in [-0.2, -0.15) is 18.8 Å². The Kier molecular flexibility index (Phi) is 3.26. The van der Waals surface area contributed by atoms with Gasteiger partial charge in [0.15, 0.2) is 10.8 Å². The molecule has 8 nitrogen and oxygen atoms in total. The van der Waals surface area contributed by atoms with E-state index in [4.69, 9.17) is 5.26 Å². The maximum Gasteiger partial charge on any atom is 0.280 e. The van der Waals surface area contributed by atoms with Gasteiger partial charge in [0.1, 0.15) is 17.5 Å². The van der Waals surface area contributed by atoms with Crippen molar-refractivity contribution < 1.29 is 8.42 Å². The van der Waals surface area contributed by atoms with Crippen molar-refractivity contribution in [2.24, 2.45) is 7.05 Å². The van der Waals surface area contributed by atoms with Crippen LogP contribution in [0.25, 0.3) is 0 Å². The fraction of sp³-hybridized carbons (Fsp3) is 0.300. The number of rotatable bonds is 4. The molecule has 0 bridgehead atoms. The second-order valence-corrected chi connectivity index (χ2v) is 5.45. The zero-order valence-electron chi connectivity index (χ0n) is 10.4. The minimum Gasteiger partial charge on any atom is -0.332 e. The van der Waals surface area contributed by atoms with Gasteiger partial charge in [0.2, 0.25) is 0 Å². The van der Waals surface area contributed by atoms with Crippen LogP contribution in [0.4, 0.5) is 5.82 Å². The molecule has 100 valence electrons. The Morgan fingerprint density at radius 2 is 2.26 bits per heavy atom. The largest absolute Gasteiger partial charge is 0.332 e. The number of hydrogen-bond donors (Lipinski definition) is 2. The number of nitrogens with zero attached hydrogens (tertiary/aromatic N) is 4. The monoisotopic (exact) mass is 280 g/mol. The summed E-state index contributed by atoms with van der Waals surface area (Å²) in [5.41, 5.74) is 0.154. The lowest BCUT2D eigenvalue weighted by Crippen LogP contribution is -2.16. The number of anilines is 1. The normalized spacial score (nSPS) is 11.2. The summed E-state index contributed by atoms with van der Waals surface area (Å²) in [7, 11) is -2.26. The Bertz CT molecular complexity index is 736. The van der Waals surface area contributed by atoms with E-state index in [1.807, 2.05) is 13.0 Å². The molecule has 0 radical (unpaired) electrons. The van der Waals surface area contributed by atoms with Gasteiger partial charge in [-0.25, -0.2) is 4.98 Å². The third-order valence-electron chi connectivity index (χ3n) is 2.52. The number of hydrogen-bond acceptors (Lipinski definition) is 5. The standard InChI is InChI=1S/C10H12N6O2S/c1-3-8-12-6-9(14-8)19(17,18)15-10-7(4-11)5-13-16(10)2/h5-6,15H,3H2,1-2H3,(H,12,14). The Labute approximate surface area is 110 Å². The number of nitrogens with one attached hydrogen (secondary N) is 2. The second-order valence-electron chi connectivity index (χ2n) is 3.80. The number of H-pyrrole nitrogens is 1. The summed E-state index contributed by atoms with van der Waals surface area (Å²) in [6.07, 6.45) is 3.14. The predicted octanol–water partition coefficient (Wildman–Crippen LogP) is 0.378. The lowest BCUT2D eigenvalue weighted by Gasteiger charge is -2.06. The van der Waals surface area contributed by atoms with Crippen molar-refractivity contribution in [2.45, 2.75) is 18.4 Å². The Hall–Kier alpha value is -2.34. The van der Waals surface area contributed by atoms with E-state index in [9.17, 15) is 8.42 Å². The Morgan fingerprint density at radius 1 is 1.53 bits per heavy atom. The van der Waals surface area contributed by atoms with Crippen LogP contribution in [0.3, 0.4) is 0 Å². The summed E-state index contributed by atoms with van der Waals surface area (Å²) in [5.74, 6) is 0.695. The van der Waals surface area contributed by atoms with Crippen LogP contribution in [0, 0.1) is 11.3 Å². The smallest absolute Gasteiger partial charge is 0.280 e. The molecule has 0 saturated carbocycles. The van der Waals surface area contributed by atoms with Crippen molar-refractivity contribution in [2.75, 3.05) is 4.72 Å². The van der Waals surface area contributed by atoms with Gasteiger partial charge in [0, 0.05) is 13.5 Å². The quantitative estimate of drug-likeness (QED) is 0.839. The number of nitriles is 1. The first-order valence-electron chi connectivity index (χ1n) is 5.46. The van der Waals surface area contributed by atoms with Crippen molar-refractivity contribution in [3.63, 3.8) is 0 Å². The van der Waals surface area contributed by atoms with E-state index in [-0.39, 0.29) is 16.4 Å². The molecule has 2 aromatic rings. The summed E-state index contributed by atoms with van der Waals surface area (Å²) >= 11 is 0. The summed E-state index contributed by atoms with van der Waals surface area (Å²) < 4.78 is 27.8. The lowest BCUT2D eigenvalue weighted by molar-refractivity contribution is 0.597. The lowest BCUT2D eigenvalue weighted by atomic mass is 10.4. The van der Waals surface area contributed by atoms with Crippen LogP contribution in [-0.2, 0) is 23.5 Å². The van der Waals surface area contributed by atoms with Crippen LogP contribution < -0.4 is 4.72 Å². The highest BCUT2D eigenvalue weighted by Gasteiger charge is 2.20. The van der Waals surface area contributed by atoms with E-state index >= 15 is 0 Å². The van der Waals surface area contributed by atoms with Gasteiger partial charge in [-0.3, -0.25) is 9.40 Å². The van der Waals surface area contributed by atoms with Crippen molar-refractivity contribution in [3.05, 3.63) is 23.8 Å². The number of sulfonamides is 1. The molecule has 19 heavy (non-hydrogen) atoms. The average molecular weight is 280 g/mol. The van der Waals surface area contributed by atoms with Crippen molar-refractivity contribution in [1.82, 2.24) is 19.7 Å². The maximum atomic E-state index is 12.1. The van der Waals surface area contributed by atoms with Gasteiger partial charge in [-0.15, -0.1) is 0 Å². The highest BCUT2D eigenvalue weighted by atomic mass is 32.2. The van der Waals surface area contributed by atoms with E-state index in [2.05, 4.69) is 19.8 Å². The molecule has 0 aliphatic carbocycles. The molecule has 2 N–H and O–H groups in total. The van der Waals surface area contributed by atoms with E-state index in [0.29, 0.717) is 12.2 Å². The maximum absolute atomic E-state index is 12.1. The first-order valence-corrected chi connectivity index (χ1v) is 6.95. The van der Waals surface area contributed by atoms with Crippen LogP contribution >= 0.6 is 0 Å². The molecule has 9 heteroatoms. The molecule has 0 aromatic carbocycles. The van der Waals surface area contributed by atoms with Crippen LogP contribution in [0.5, 0.6) is 0 Å². The second kappa shape index (κ2) is 4.74. The van der Waals surface area contributed by atoms with Gasteiger partial charge in [-0.05, 0) is 0 Å². The van der Waals surface area contributed by atoms with Crippen molar-refractivity contribution in [3.8, 4) is 6.07 Å². The van der Waals surface area contributed by atoms with Crippen LogP contribution in [0.2, 0.25) is 0 Å². The molecule has 0 amide bonds. The molecule has 0 atom stereocenters. The molecule has 2 rings (SSSR count). The SMILES string of the molecule is CCc1ncc(S(=O)(=O)Nc2c(C#N)cnn2C)[nH]1. The van der Waals surface area contributed by atoms with E-state index in [0.717, 1.165) is 0 Å². The number of imidazole rings is 1. The number of aromatic nitrogens is 4. The molecule has 0 aliphatic heterocycles. The highest BCUT2D eigenvalue weighted by Crippen LogP contribution is 2.17. The number of aromatic amines is 1. The van der Waals surface area contributed by atoms with E-state index < -0.39 is 10.0 Å². The predicted molar refractivity (Wildman–Crippen MR) is 66.7 cm³/mol. The van der Waals surface area contributed by atoms with Gasteiger partial charge in [0.05, 0.1) is 12.4 Å². The number of aryl methyl sites for hydroxylation is 2. The van der Waals surface area contributed by atoms with Crippen LogP contribution in [0.1, 0.15) is 18.3 Å². The fourth-order valence-electron chi connectivity index (χ4n) is 1.48. The van der Waals surface area contributed by atoms with Gasteiger partial charge in [0.25, 0.3) is 10.0 Å². The van der Waals surface area contributed by atoms with Gasteiger partial charge < -0.3 is 4.98 Å². The van der Waals surface area contributed by atoms with E-state index in [1.165, 1.54) is 17.1 Å². The molecular weight excluding hydrogens is 268 g/mol. The summed E-state index contributed by atoms with van der Waals surface area (Å²) in [4.78, 5) is 6.63. The van der Waals surface area contributed by atoms with Gasteiger partial charge in [-0.1, -0.05) is 6.92 Å². The molecule has 0 fully saturated rings. The first-order chi connectivity index (χ1) is 8.97. The topological polar surface area (TPSA) is 116 Å². The van der Waals surface area contributed by atoms with E-state index in [1.54, 1.807) is 7.05 Å². The molecule has 2 heterocycles. The first kappa shape index (κ1) is 13.1. The third-order valence-corrected chi connectivity index (χ3v) is 3.77. The minimum absolute atomic E-state index is 0.0468. The minimum atomic E-state index is -3.81. The molecule has 2 aromatic heterocycles. The third kappa shape index (κ3) is 2.43. The van der Waals surface area contributed by atoms with Crippen molar-refractivity contribution in [1.29, 1.82) is 5.26 Å². The highest BCUT2D eigenvalue weighted by molar-refractivity contribution is 7.92. The van der Waals surface area contributed by atoms with Crippen LogP contribution in [0.15, 0.2) is 17.4 Å². The van der Waals surface area contributed by atoms with Crippen LogP contribution in [-0.4, -0.2) is 28.2 Å². The molecule has 0 spiro atoms. The Balaban J connectivity index is 2.36. The average Bonchev–Trinajstić information content (AvgIpc) is 2.98. The van der Waals surface area contributed by atoms with Gasteiger partial charge >= 0.3 is 0 Å². The Morgan fingerprint density at radius 3 is 2.84 bits per heavy atom. The fourth-order valence-corrected chi connectivity index (χ4v) is 2.53. The summed E-state index contributed by atoms with van der Waals surface area (Å²) in [6.45, 7) is 1.86. The summed E-state index contributed by atoms with van der Waals surface area (Å²) in [5, 5.41) is 12.7. The molecule has 0 unspecified atom stereocenters. The molecular formula is C10H12N6O2S. The summed E-state index contributed by atoms with van der Waals surface area (Å²) in [6, 6.07) is 1.87. The zero-order chi connectivity index (χ0) is 14.0. The zero-order valence-corrected chi connectivity index (χ0v) is 11.2. The molecule has 0 saturated heterocycles.